The molecule has 2 amide bonds. The molecular formula is C9H19N3O. The maximum atomic E-state index is 11.2. The molecule has 1 aliphatic rings. The number of carbonyl (C=O) groups excluding carboxylic acids is 1. The molecule has 76 valence electrons. The molecule has 4 nitrogen and oxygen atoms in total. The van der Waals surface area contributed by atoms with E-state index in [4.69, 9.17) is 0 Å². The smallest absolute Gasteiger partial charge is 0.315 e. The van der Waals surface area contributed by atoms with Gasteiger partial charge in [0.05, 0.1) is 0 Å². The van der Waals surface area contributed by atoms with Crippen LogP contribution in [-0.2, 0) is 0 Å². The molecule has 1 saturated heterocycles. The number of hydrogen-bond acceptors (Lipinski definition) is 2. The minimum Gasteiger partial charge on any atom is -0.338 e. The van der Waals surface area contributed by atoms with E-state index in [1.165, 1.54) is 12.8 Å². The molecule has 1 fully saturated rings. The quantitative estimate of drug-likeness (QED) is 0.585. The van der Waals surface area contributed by atoms with Crippen molar-refractivity contribution < 1.29 is 4.79 Å². The highest BCUT2D eigenvalue weighted by Crippen LogP contribution is 2.03. The predicted octanol–water partition coefficient (Wildman–Crippen LogP) is 0.448. The summed E-state index contributed by atoms with van der Waals surface area (Å²) in [4.78, 5) is 11.2. The fraction of sp³-hybridized carbons (Fsp3) is 0.889. The standard InChI is InChI=1S/C9H19N3O/c1-2-11-9(13)12-8-5-3-4-6-10-7-8/h8,10H,2-7H2,1H3,(H2,11,12,13). The molecule has 1 heterocycles. The van der Waals surface area contributed by atoms with Crippen molar-refractivity contribution in [2.45, 2.75) is 32.2 Å². The van der Waals surface area contributed by atoms with Gasteiger partial charge in [0.1, 0.15) is 0 Å². The fourth-order valence-corrected chi connectivity index (χ4v) is 1.54. The van der Waals surface area contributed by atoms with Gasteiger partial charge in [-0.25, -0.2) is 4.79 Å². The Morgan fingerprint density at radius 1 is 1.54 bits per heavy atom. The highest BCUT2D eigenvalue weighted by atomic mass is 16.2. The van der Waals surface area contributed by atoms with Crippen molar-refractivity contribution in [1.82, 2.24) is 16.0 Å². The van der Waals surface area contributed by atoms with Crippen molar-refractivity contribution in [3.63, 3.8) is 0 Å². The van der Waals surface area contributed by atoms with Gasteiger partial charge in [-0.2, -0.15) is 0 Å². The van der Waals surface area contributed by atoms with Crippen LogP contribution in [0.2, 0.25) is 0 Å². The van der Waals surface area contributed by atoms with E-state index in [1.807, 2.05) is 6.92 Å². The number of rotatable bonds is 2. The highest BCUT2D eigenvalue weighted by Gasteiger charge is 2.13. The summed E-state index contributed by atoms with van der Waals surface area (Å²) in [5.74, 6) is 0. The molecule has 4 heteroatoms. The van der Waals surface area contributed by atoms with Crippen LogP contribution in [-0.4, -0.2) is 31.7 Å². The highest BCUT2D eigenvalue weighted by molar-refractivity contribution is 5.74. The molecule has 0 aliphatic carbocycles. The molecule has 1 rings (SSSR count). The van der Waals surface area contributed by atoms with Gasteiger partial charge in [-0.05, 0) is 26.3 Å². The van der Waals surface area contributed by atoms with Gasteiger partial charge >= 0.3 is 6.03 Å². The molecule has 13 heavy (non-hydrogen) atoms. The van der Waals surface area contributed by atoms with Gasteiger partial charge in [0.25, 0.3) is 0 Å². The van der Waals surface area contributed by atoms with E-state index in [0.717, 1.165) is 19.5 Å². The molecule has 1 aliphatic heterocycles. The average molecular weight is 185 g/mol. The second-order valence-corrected chi connectivity index (χ2v) is 3.40. The number of hydrogen-bond donors (Lipinski definition) is 3. The molecule has 0 bridgehead atoms. The third-order valence-corrected chi connectivity index (χ3v) is 2.22. The lowest BCUT2D eigenvalue weighted by molar-refractivity contribution is 0.236. The number of urea groups is 1. The van der Waals surface area contributed by atoms with Crippen LogP contribution in [0.25, 0.3) is 0 Å². The first kappa shape index (κ1) is 10.3. The van der Waals surface area contributed by atoms with Gasteiger partial charge < -0.3 is 16.0 Å². The molecule has 0 radical (unpaired) electrons. The minimum absolute atomic E-state index is 0.0452. The van der Waals surface area contributed by atoms with E-state index >= 15 is 0 Å². The van der Waals surface area contributed by atoms with Crippen molar-refractivity contribution >= 4 is 6.03 Å². The summed E-state index contributed by atoms with van der Waals surface area (Å²) in [6.45, 7) is 4.58. The molecule has 1 atom stereocenters. The van der Waals surface area contributed by atoms with E-state index in [1.54, 1.807) is 0 Å². The summed E-state index contributed by atoms with van der Waals surface area (Å²) in [5, 5.41) is 8.98. The minimum atomic E-state index is -0.0452. The third-order valence-electron chi connectivity index (χ3n) is 2.22. The van der Waals surface area contributed by atoms with Gasteiger partial charge in [0.15, 0.2) is 0 Å². The van der Waals surface area contributed by atoms with Crippen LogP contribution in [0.3, 0.4) is 0 Å². The van der Waals surface area contributed by atoms with E-state index in [-0.39, 0.29) is 6.03 Å². The van der Waals surface area contributed by atoms with Crippen LogP contribution >= 0.6 is 0 Å². The summed E-state index contributed by atoms with van der Waals surface area (Å²) < 4.78 is 0. The molecule has 0 aromatic heterocycles. The Balaban J connectivity index is 2.21. The molecule has 0 aromatic carbocycles. The van der Waals surface area contributed by atoms with Crippen LogP contribution in [0.1, 0.15) is 26.2 Å². The lowest BCUT2D eigenvalue weighted by Crippen LogP contribution is -2.45. The molecule has 1 unspecified atom stereocenters. The Bertz CT molecular complexity index is 153. The van der Waals surface area contributed by atoms with Gasteiger partial charge in [-0.3, -0.25) is 0 Å². The maximum absolute atomic E-state index is 11.2. The van der Waals surface area contributed by atoms with Crippen LogP contribution in [0.5, 0.6) is 0 Å². The first-order chi connectivity index (χ1) is 6.33. The molecule has 0 spiro atoms. The van der Waals surface area contributed by atoms with Crippen molar-refractivity contribution in [3.05, 3.63) is 0 Å². The van der Waals surface area contributed by atoms with E-state index < -0.39 is 0 Å². The summed E-state index contributed by atoms with van der Waals surface area (Å²) in [6.07, 6.45) is 3.50. The summed E-state index contributed by atoms with van der Waals surface area (Å²) in [7, 11) is 0. The average Bonchev–Trinajstić information content (AvgIpc) is 2.33. The number of carbonyl (C=O) groups is 1. The fourth-order valence-electron chi connectivity index (χ4n) is 1.54. The molecule has 0 saturated carbocycles. The van der Waals surface area contributed by atoms with Crippen LogP contribution in [0, 0.1) is 0 Å². The van der Waals surface area contributed by atoms with Crippen molar-refractivity contribution in [2.75, 3.05) is 19.6 Å². The Labute approximate surface area is 79.5 Å². The molecular weight excluding hydrogens is 166 g/mol. The number of nitrogens with one attached hydrogen (secondary N) is 3. The van der Waals surface area contributed by atoms with Gasteiger partial charge in [-0.1, -0.05) is 6.42 Å². The predicted molar refractivity (Wildman–Crippen MR) is 52.7 cm³/mol. The summed E-state index contributed by atoms with van der Waals surface area (Å²) >= 11 is 0. The zero-order valence-corrected chi connectivity index (χ0v) is 8.23. The molecule has 3 N–H and O–H groups in total. The Hall–Kier alpha value is -0.770. The topological polar surface area (TPSA) is 53.2 Å². The Morgan fingerprint density at radius 2 is 2.38 bits per heavy atom. The first-order valence-corrected chi connectivity index (χ1v) is 5.08. The monoisotopic (exact) mass is 185 g/mol. The Kier molecular flexibility index (Phi) is 4.60. The van der Waals surface area contributed by atoms with Crippen molar-refractivity contribution in [1.29, 1.82) is 0 Å². The van der Waals surface area contributed by atoms with Gasteiger partial charge in [-0.15, -0.1) is 0 Å². The number of amides is 2. The SMILES string of the molecule is CCNC(=O)NC1CCCCNC1. The normalized spacial score (nSPS) is 23.3. The lowest BCUT2D eigenvalue weighted by Gasteiger charge is -2.16. The first-order valence-electron chi connectivity index (χ1n) is 5.08. The van der Waals surface area contributed by atoms with Crippen LogP contribution < -0.4 is 16.0 Å². The van der Waals surface area contributed by atoms with E-state index in [2.05, 4.69) is 16.0 Å². The van der Waals surface area contributed by atoms with Gasteiger partial charge in [0, 0.05) is 19.1 Å². The summed E-state index contributed by atoms with van der Waals surface area (Å²) in [6, 6.07) is 0.255. The van der Waals surface area contributed by atoms with Crippen molar-refractivity contribution in [2.24, 2.45) is 0 Å². The van der Waals surface area contributed by atoms with Crippen molar-refractivity contribution in [3.8, 4) is 0 Å². The second-order valence-electron chi connectivity index (χ2n) is 3.40. The maximum Gasteiger partial charge on any atom is 0.315 e. The molecule has 0 aromatic rings. The van der Waals surface area contributed by atoms with Crippen LogP contribution in [0.4, 0.5) is 4.79 Å². The second kappa shape index (κ2) is 5.80. The van der Waals surface area contributed by atoms with E-state index in [0.29, 0.717) is 12.6 Å². The third kappa shape index (κ3) is 4.12. The lowest BCUT2D eigenvalue weighted by atomic mass is 10.1. The zero-order valence-electron chi connectivity index (χ0n) is 8.23. The van der Waals surface area contributed by atoms with E-state index in [9.17, 15) is 4.79 Å². The van der Waals surface area contributed by atoms with Gasteiger partial charge in [0.2, 0.25) is 0 Å². The Morgan fingerprint density at radius 3 is 3.15 bits per heavy atom. The zero-order chi connectivity index (χ0) is 9.52. The summed E-state index contributed by atoms with van der Waals surface area (Å²) in [5.41, 5.74) is 0. The van der Waals surface area contributed by atoms with Crippen LogP contribution in [0.15, 0.2) is 0 Å². The largest absolute Gasteiger partial charge is 0.338 e.